The number of aliphatic carboxylic acids is 1. The molecular formula is C18H17ClN6O4S. The largest absolute Gasteiger partial charge is 0.480 e. The van der Waals surface area contributed by atoms with Gasteiger partial charge in [0.2, 0.25) is 16.0 Å². The Hall–Kier alpha value is -3.28. The molecule has 156 valence electrons. The molecule has 0 spiro atoms. The molecule has 0 aliphatic carbocycles. The highest BCUT2D eigenvalue weighted by atomic mass is 35.5. The Kier molecular flexibility index (Phi) is 6.45. The summed E-state index contributed by atoms with van der Waals surface area (Å²) in [6, 6.07) is 7.68. The van der Waals surface area contributed by atoms with Crippen LogP contribution in [0.5, 0.6) is 0 Å². The standard InChI is InChI=1S/C18H17ClN6O4S/c19-24-18(20)23-16-9-22-8-13-6-14(3-4-15(13)16)30(28,29)25(11-17(26)27)10-12-2-1-5-21-7-12/h1-9H,10-11H2,(H,26,27)(H3,20,23,24). The highest BCUT2D eigenvalue weighted by molar-refractivity contribution is 7.89. The van der Waals surface area contributed by atoms with E-state index in [0.717, 1.165) is 4.31 Å². The highest BCUT2D eigenvalue weighted by Crippen LogP contribution is 2.27. The van der Waals surface area contributed by atoms with Gasteiger partial charge < -0.3 is 16.2 Å². The van der Waals surface area contributed by atoms with Crippen LogP contribution in [0.15, 0.2) is 64.5 Å². The van der Waals surface area contributed by atoms with Crippen molar-refractivity contribution in [2.24, 2.45) is 10.2 Å². The Labute approximate surface area is 177 Å². The van der Waals surface area contributed by atoms with E-state index in [9.17, 15) is 18.3 Å². The molecule has 30 heavy (non-hydrogen) atoms. The van der Waals surface area contributed by atoms with E-state index in [-0.39, 0.29) is 17.4 Å². The third kappa shape index (κ3) is 4.82. The molecule has 0 fully saturated rings. The average molecular weight is 449 g/mol. The number of nitrogens with two attached hydrogens (primary N) is 1. The number of carboxylic acid groups (broad SMARTS) is 1. The van der Waals surface area contributed by atoms with Crippen molar-refractivity contribution in [3.63, 3.8) is 0 Å². The van der Waals surface area contributed by atoms with Crippen molar-refractivity contribution in [3.05, 3.63) is 60.7 Å². The predicted molar refractivity (Wildman–Crippen MR) is 112 cm³/mol. The third-order valence-electron chi connectivity index (χ3n) is 4.12. The van der Waals surface area contributed by atoms with Gasteiger partial charge >= 0.3 is 5.97 Å². The van der Waals surface area contributed by atoms with Gasteiger partial charge in [0.15, 0.2) is 0 Å². The summed E-state index contributed by atoms with van der Waals surface area (Å²) >= 11 is 5.32. The molecule has 1 aromatic carbocycles. The molecule has 0 aliphatic heterocycles. The van der Waals surface area contributed by atoms with E-state index in [1.807, 2.05) is 0 Å². The Morgan fingerprint density at radius 2 is 2.03 bits per heavy atom. The molecule has 10 nitrogen and oxygen atoms in total. The first-order valence-electron chi connectivity index (χ1n) is 8.51. The summed E-state index contributed by atoms with van der Waals surface area (Å²) in [5, 5.41) is 13.1. The second-order valence-corrected chi connectivity index (χ2v) is 8.30. The lowest BCUT2D eigenvalue weighted by molar-refractivity contribution is -0.137. The molecule has 0 radical (unpaired) electrons. The molecule has 3 aromatic rings. The maximum Gasteiger partial charge on any atom is 0.318 e. The summed E-state index contributed by atoms with van der Waals surface area (Å²) in [6.07, 6.45) is 6.00. The Morgan fingerprint density at radius 1 is 1.23 bits per heavy atom. The first-order valence-corrected chi connectivity index (χ1v) is 10.3. The second-order valence-electron chi connectivity index (χ2n) is 6.19. The zero-order chi connectivity index (χ0) is 21.7. The van der Waals surface area contributed by atoms with Crippen LogP contribution >= 0.6 is 11.8 Å². The number of guanidine groups is 1. The Bertz CT molecular complexity index is 1200. The Morgan fingerprint density at radius 3 is 2.70 bits per heavy atom. The van der Waals surface area contributed by atoms with E-state index in [2.05, 4.69) is 19.8 Å². The maximum atomic E-state index is 13.2. The van der Waals surface area contributed by atoms with Gasteiger partial charge in [-0.2, -0.15) is 4.31 Å². The number of benzene rings is 1. The molecule has 0 atom stereocenters. The zero-order valence-electron chi connectivity index (χ0n) is 15.4. The number of carbonyl (C=O) groups is 1. The lowest BCUT2D eigenvalue weighted by Crippen LogP contribution is -2.35. The van der Waals surface area contributed by atoms with Crippen LogP contribution in [0.4, 0.5) is 5.69 Å². The molecule has 0 saturated heterocycles. The number of nitrogens with one attached hydrogen (secondary N) is 1. The van der Waals surface area contributed by atoms with Crippen LogP contribution in [0, 0.1) is 0 Å². The van der Waals surface area contributed by atoms with Crippen molar-refractivity contribution < 1.29 is 18.3 Å². The van der Waals surface area contributed by atoms with Gasteiger partial charge in [0, 0.05) is 47.7 Å². The van der Waals surface area contributed by atoms with Gasteiger partial charge in [0.25, 0.3) is 0 Å². The summed E-state index contributed by atoms with van der Waals surface area (Å²) in [4.78, 5) is 19.2. The number of carboxylic acids is 1. The summed E-state index contributed by atoms with van der Waals surface area (Å²) < 4.78 is 30.5. The fraction of sp³-hybridized carbons (Fsp3) is 0.111. The van der Waals surface area contributed by atoms with E-state index in [4.69, 9.17) is 17.5 Å². The van der Waals surface area contributed by atoms with Crippen molar-refractivity contribution >= 4 is 50.2 Å². The summed E-state index contributed by atoms with van der Waals surface area (Å²) in [7, 11) is -4.12. The second kappa shape index (κ2) is 9.03. The first-order chi connectivity index (χ1) is 14.3. The molecule has 0 unspecified atom stereocenters. The normalized spacial score (nSPS) is 12.3. The van der Waals surface area contributed by atoms with Crippen molar-refractivity contribution in [2.75, 3.05) is 11.9 Å². The van der Waals surface area contributed by atoms with Crippen molar-refractivity contribution in [1.82, 2.24) is 14.3 Å². The van der Waals surface area contributed by atoms with Gasteiger partial charge in [-0.15, -0.1) is 4.51 Å². The minimum absolute atomic E-state index is 0.0493. The molecule has 4 N–H and O–H groups in total. The molecular weight excluding hydrogens is 432 g/mol. The van der Waals surface area contributed by atoms with Gasteiger partial charge in [-0.3, -0.25) is 14.8 Å². The minimum Gasteiger partial charge on any atom is -0.480 e. The number of hydrogen-bond acceptors (Lipinski definition) is 6. The van der Waals surface area contributed by atoms with Crippen molar-refractivity contribution in [2.45, 2.75) is 11.4 Å². The molecule has 0 aliphatic rings. The zero-order valence-corrected chi connectivity index (χ0v) is 17.0. The van der Waals surface area contributed by atoms with Gasteiger partial charge in [0.1, 0.15) is 6.54 Å². The van der Waals surface area contributed by atoms with E-state index in [1.54, 1.807) is 24.4 Å². The van der Waals surface area contributed by atoms with Crippen LogP contribution in [0.3, 0.4) is 0 Å². The molecule has 3 rings (SSSR count). The van der Waals surface area contributed by atoms with Gasteiger partial charge in [-0.25, -0.2) is 8.42 Å². The van der Waals surface area contributed by atoms with E-state index in [0.29, 0.717) is 22.0 Å². The van der Waals surface area contributed by atoms with Crippen LogP contribution < -0.4 is 11.1 Å². The topological polar surface area (TPSA) is 151 Å². The van der Waals surface area contributed by atoms with E-state index in [1.165, 1.54) is 30.7 Å². The Balaban J connectivity index is 2.01. The molecule has 0 saturated carbocycles. The molecule has 0 bridgehead atoms. The van der Waals surface area contributed by atoms with Crippen LogP contribution in [-0.4, -0.2) is 46.3 Å². The van der Waals surface area contributed by atoms with E-state index >= 15 is 0 Å². The number of halogens is 1. The fourth-order valence-corrected chi connectivity index (χ4v) is 4.25. The molecule has 0 amide bonds. The smallest absolute Gasteiger partial charge is 0.318 e. The van der Waals surface area contributed by atoms with Crippen LogP contribution in [0.25, 0.3) is 10.8 Å². The SMILES string of the molecule is NC(=NCl)Nc1cncc2cc(S(=O)(=O)N(CC(=O)O)Cc3cccnc3)ccc12. The number of sulfonamides is 1. The third-order valence-corrected chi connectivity index (χ3v) is 6.09. The lowest BCUT2D eigenvalue weighted by Gasteiger charge is -2.20. The monoisotopic (exact) mass is 448 g/mol. The summed E-state index contributed by atoms with van der Waals surface area (Å²) in [5.74, 6) is -1.32. The minimum atomic E-state index is -4.12. The van der Waals surface area contributed by atoms with Crippen LogP contribution in [-0.2, 0) is 21.4 Å². The fourth-order valence-electron chi connectivity index (χ4n) is 2.79. The highest BCUT2D eigenvalue weighted by Gasteiger charge is 2.27. The number of pyridine rings is 2. The summed E-state index contributed by atoms with van der Waals surface area (Å²) in [6.45, 7) is -0.832. The van der Waals surface area contributed by atoms with E-state index < -0.39 is 22.5 Å². The number of anilines is 1. The number of nitrogens with zero attached hydrogens (tertiary/aromatic N) is 4. The molecule has 2 heterocycles. The summed E-state index contributed by atoms with van der Waals surface area (Å²) in [5.41, 5.74) is 6.62. The average Bonchev–Trinajstić information content (AvgIpc) is 2.73. The molecule has 2 aromatic heterocycles. The number of fused-ring (bicyclic) bond motifs is 1. The quantitative estimate of drug-likeness (QED) is 0.365. The van der Waals surface area contributed by atoms with Crippen LogP contribution in [0.2, 0.25) is 0 Å². The van der Waals surface area contributed by atoms with Crippen molar-refractivity contribution in [3.8, 4) is 0 Å². The van der Waals surface area contributed by atoms with Gasteiger partial charge in [-0.1, -0.05) is 12.1 Å². The maximum absolute atomic E-state index is 13.2. The predicted octanol–water partition coefficient (Wildman–Crippen LogP) is 1.79. The number of aromatic nitrogens is 2. The lowest BCUT2D eigenvalue weighted by atomic mass is 10.1. The first kappa shape index (κ1) is 21.4. The number of rotatable bonds is 7. The van der Waals surface area contributed by atoms with Crippen molar-refractivity contribution in [1.29, 1.82) is 0 Å². The molecule has 12 heteroatoms. The van der Waals surface area contributed by atoms with Gasteiger partial charge in [0.05, 0.1) is 16.8 Å². The van der Waals surface area contributed by atoms with Crippen LogP contribution in [0.1, 0.15) is 5.56 Å². The number of hydrogen-bond donors (Lipinski definition) is 3. The van der Waals surface area contributed by atoms with Gasteiger partial charge in [-0.05, 0) is 23.8 Å².